The lowest BCUT2D eigenvalue weighted by Gasteiger charge is -2.21. The van der Waals surface area contributed by atoms with E-state index in [9.17, 15) is 0 Å². The van der Waals surface area contributed by atoms with E-state index >= 15 is 0 Å². The van der Waals surface area contributed by atoms with E-state index in [2.05, 4.69) is 88.9 Å². The Morgan fingerprint density at radius 2 is 1.56 bits per heavy atom. The van der Waals surface area contributed by atoms with Gasteiger partial charge in [0.05, 0.1) is 5.88 Å². The molecule has 1 aliphatic rings. The molecule has 0 bridgehead atoms. The molecule has 0 fully saturated rings. The van der Waals surface area contributed by atoms with Crippen LogP contribution in [-0.2, 0) is 0 Å². The maximum absolute atomic E-state index is 2.40. The molecule has 3 rings (SSSR count). The average Bonchev–Trinajstić information content (AvgIpc) is 2.93. The molecule has 1 nitrogen and oxygen atoms in total. The van der Waals surface area contributed by atoms with Gasteiger partial charge in [-0.25, -0.2) is 0 Å². The molecule has 0 N–H and O–H groups in total. The Labute approximate surface area is 157 Å². The van der Waals surface area contributed by atoms with Crippen LogP contribution in [0.3, 0.4) is 0 Å². The molecule has 0 spiro atoms. The van der Waals surface area contributed by atoms with Crippen molar-refractivity contribution in [2.75, 3.05) is 10.8 Å². The highest BCUT2D eigenvalue weighted by atomic mass is 32.2. The molecule has 2 aromatic carbocycles. The number of benzene rings is 2. The van der Waals surface area contributed by atoms with Crippen molar-refractivity contribution in [2.45, 2.75) is 53.4 Å². The predicted molar refractivity (Wildman–Crippen MR) is 113 cm³/mol. The van der Waals surface area contributed by atoms with Gasteiger partial charge in [0, 0.05) is 16.3 Å². The molecule has 0 unspecified atom stereocenters. The molecule has 0 radical (unpaired) electrons. The number of anilines is 1. The first-order valence-electron chi connectivity index (χ1n) is 9.20. The maximum Gasteiger partial charge on any atom is 0.0729 e. The number of allylic oxidation sites excluding steroid dienone is 2. The maximum atomic E-state index is 2.40. The number of hydrogen-bond acceptors (Lipinski definition) is 2. The van der Waals surface area contributed by atoms with Gasteiger partial charge in [-0.05, 0) is 60.1 Å². The highest BCUT2D eigenvalue weighted by Gasteiger charge is 2.18. The molecule has 1 heterocycles. The zero-order valence-electron chi connectivity index (χ0n) is 16.3. The van der Waals surface area contributed by atoms with E-state index in [4.69, 9.17) is 0 Å². The number of nitrogens with zero attached hydrogens (tertiary/aromatic N) is 1. The summed E-state index contributed by atoms with van der Waals surface area (Å²) in [6.45, 7) is 13.5. The second-order valence-corrected chi connectivity index (χ2v) is 8.71. The molecule has 0 aromatic heterocycles. The van der Waals surface area contributed by atoms with Gasteiger partial charge in [0.25, 0.3) is 0 Å². The summed E-state index contributed by atoms with van der Waals surface area (Å²) in [4.78, 5) is 3.83. The SMILES string of the molecule is CC1=C(C)N(c2ccc(-c3cc(C(C)C)ccc3C(C)C)cc2)CS1. The Hall–Kier alpha value is -1.67. The molecule has 2 heteroatoms. The zero-order chi connectivity index (χ0) is 18.1. The van der Waals surface area contributed by atoms with Crippen molar-refractivity contribution in [1.82, 2.24) is 0 Å². The van der Waals surface area contributed by atoms with Crippen LogP contribution in [0.15, 0.2) is 53.1 Å². The van der Waals surface area contributed by atoms with Gasteiger partial charge in [-0.15, -0.1) is 11.8 Å². The first-order valence-corrected chi connectivity index (χ1v) is 10.2. The molecule has 132 valence electrons. The van der Waals surface area contributed by atoms with Crippen molar-refractivity contribution in [1.29, 1.82) is 0 Å². The molecular weight excluding hydrogens is 322 g/mol. The molecule has 0 atom stereocenters. The van der Waals surface area contributed by atoms with E-state index in [1.807, 2.05) is 11.8 Å². The number of rotatable bonds is 4. The molecule has 0 saturated heterocycles. The highest BCUT2D eigenvalue weighted by Crippen LogP contribution is 2.37. The van der Waals surface area contributed by atoms with Crippen LogP contribution in [0.4, 0.5) is 5.69 Å². The van der Waals surface area contributed by atoms with Crippen LogP contribution in [-0.4, -0.2) is 5.88 Å². The summed E-state index contributed by atoms with van der Waals surface area (Å²) in [5, 5.41) is 0. The second kappa shape index (κ2) is 7.29. The minimum absolute atomic E-state index is 0.527. The summed E-state index contributed by atoms with van der Waals surface area (Å²) in [5.74, 6) is 2.10. The Balaban J connectivity index is 1.98. The van der Waals surface area contributed by atoms with Gasteiger partial charge in [0.2, 0.25) is 0 Å². The topological polar surface area (TPSA) is 3.24 Å². The summed E-state index contributed by atoms with van der Waals surface area (Å²) in [6.07, 6.45) is 0. The Bertz CT molecular complexity index is 784. The van der Waals surface area contributed by atoms with Gasteiger partial charge < -0.3 is 4.90 Å². The van der Waals surface area contributed by atoms with E-state index in [0.29, 0.717) is 11.8 Å². The molecule has 25 heavy (non-hydrogen) atoms. The van der Waals surface area contributed by atoms with Crippen LogP contribution in [0, 0.1) is 0 Å². The van der Waals surface area contributed by atoms with Crippen LogP contribution >= 0.6 is 11.8 Å². The normalized spacial score (nSPS) is 15.0. The van der Waals surface area contributed by atoms with Gasteiger partial charge in [-0.1, -0.05) is 58.0 Å². The van der Waals surface area contributed by atoms with Crippen molar-refractivity contribution in [3.05, 3.63) is 64.2 Å². The summed E-state index contributed by atoms with van der Waals surface area (Å²) in [5.41, 5.74) is 8.21. The van der Waals surface area contributed by atoms with Crippen molar-refractivity contribution >= 4 is 17.4 Å². The first kappa shape index (κ1) is 18.1. The van der Waals surface area contributed by atoms with Crippen LogP contribution < -0.4 is 4.90 Å². The molecule has 2 aromatic rings. The predicted octanol–water partition coefficient (Wildman–Crippen LogP) is 7.36. The smallest absolute Gasteiger partial charge is 0.0729 e. The standard InChI is InChI=1S/C23H29NS/c1-15(2)20-9-12-22(16(3)4)23(13-20)19-7-10-21(11-8-19)24-14-25-18(6)17(24)5/h7-13,15-16H,14H2,1-6H3. The molecule has 0 saturated carbocycles. The number of thioether (sulfide) groups is 1. The fourth-order valence-electron chi connectivity index (χ4n) is 3.33. The van der Waals surface area contributed by atoms with E-state index in [1.54, 1.807) is 0 Å². The van der Waals surface area contributed by atoms with E-state index in [0.717, 1.165) is 5.88 Å². The Morgan fingerprint density at radius 3 is 2.08 bits per heavy atom. The fraction of sp³-hybridized carbons (Fsp3) is 0.391. The second-order valence-electron chi connectivity index (χ2n) is 7.55. The molecular formula is C23H29NS. The molecule has 0 aliphatic carbocycles. The van der Waals surface area contributed by atoms with E-state index in [1.165, 1.54) is 38.5 Å². The molecule has 1 aliphatic heterocycles. The third kappa shape index (κ3) is 3.64. The lowest BCUT2D eigenvalue weighted by molar-refractivity contribution is 0.847. The zero-order valence-corrected chi connectivity index (χ0v) is 17.1. The van der Waals surface area contributed by atoms with Gasteiger partial charge in [0.1, 0.15) is 0 Å². The first-order chi connectivity index (χ1) is 11.9. The third-order valence-corrected chi connectivity index (χ3v) is 6.30. The van der Waals surface area contributed by atoms with Gasteiger partial charge in [-0.2, -0.15) is 0 Å². The summed E-state index contributed by atoms with van der Waals surface area (Å²) in [7, 11) is 0. The highest BCUT2D eigenvalue weighted by molar-refractivity contribution is 8.03. The van der Waals surface area contributed by atoms with E-state index < -0.39 is 0 Å². The lowest BCUT2D eigenvalue weighted by Crippen LogP contribution is -2.15. The quantitative estimate of drug-likeness (QED) is 0.566. The Kier molecular flexibility index (Phi) is 5.29. The van der Waals surface area contributed by atoms with Crippen LogP contribution in [0.2, 0.25) is 0 Å². The lowest BCUT2D eigenvalue weighted by atomic mass is 9.88. The summed E-state index contributed by atoms with van der Waals surface area (Å²) in [6, 6.07) is 16.1. The Morgan fingerprint density at radius 1 is 0.880 bits per heavy atom. The fourth-order valence-corrected chi connectivity index (χ4v) is 4.31. The van der Waals surface area contributed by atoms with Crippen LogP contribution in [0.25, 0.3) is 11.1 Å². The number of hydrogen-bond donors (Lipinski definition) is 0. The average molecular weight is 352 g/mol. The van der Waals surface area contributed by atoms with Gasteiger partial charge >= 0.3 is 0 Å². The van der Waals surface area contributed by atoms with Crippen LogP contribution in [0.5, 0.6) is 0 Å². The van der Waals surface area contributed by atoms with E-state index in [-0.39, 0.29) is 0 Å². The van der Waals surface area contributed by atoms with Crippen LogP contribution in [0.1, 0.15) is 64.5 Å². The molecule has 0 amide bonds. The third-order valence-electron chi connectivity index (χ3n) is 5.18. The van der Waals surface area contributed by atoms with Gasteiger partial charge in [-0.3, -0.25) is 0 Å². The minimum Gasteiger partial charge on any atom is -0.335 e. The minimum atomic E-state index is 0.527. The van der Waals surface area contributed by atoms with Crippen molar-refractivity contribution in [3.63, 3.8) is 0 Å². The summed E-state index contributed by atoms with van der Waals surface area (Å²) >= 11 is 1.93. The largest absolute Gasteiger partial charge is 0.335 e. The van der Waals surface area contributed by atoms with Crippen molar-refractivity contribution in [2.24, 2.45) is 0 Å². The van der Waals surface area contributed by atoms with Crippen molar-refractivity contribution in [3.8, 4) is 11.1 Å². The van der Waals surface area contributed by atoms with Crippen molar-refractivity contribution < 1.29 is 0 Å². The van der Waals surface area contributed by atoms with Gasteiger partial charge in [0.15, 0.2) is 0 Å². The monoisotopic (exact) mass is 351 g/mol. The summed E-state index contributed by atoms with van der Waals surface area (Å²) < 4.78 is 0.